The molecule has 0 aromatic heterocycles. The predicted octanol–water partition coefficient (Wildman–Crippen LogP) is 8.97. The van der Waals surface area contributed by atoms with Crippen LogP contribution in [0.2, 0.25) is 0 Å². The zero-order valence-electron chi connectivity index (χ0n) is 27.1. The highest BCUT2D eigenvalue weighted by Gasteiger charge is 2.50. The van der Waals surface area contributed by atoms with Crippen molar-refractivity contribution in [2.75, 3.05) is 19.0 Å². The van der Waals surface area contributed by atoms with Crippen molar-refractivity contribution in [2.24, 2.45) is 5.92 Å². The van der Waals surface area contributed by atoms with Crippen molar-refractivity contribution in [3.8, 4) is 11.5 Å². The Hall–Kier alpha value is -3.78. The summed E-state index contributed by atoms with van der Waals surface area (Å²) in [5.74, 6) is -2.65. The highest BCUT2D eigenvalue weighted by Crippen LogP contribution is 2.50. The minimum Gasteiger partial charge on any atom is -0.493 e. The van der Waals surface area contributed by atoms with E-state index in [-0.39, 0.29) is 55.1 Å². The number of unbranched alkanes of at least 4 members (excludes halogenated alkanes) is 1. The lowest BCUT2D eigenvalue weighted by molar-refractivity contribution is -0.138. The van der Waals surface area contributed by atoms with Crippen molar-refractivity contribution in [3.63, 3.8) is 0 Å². The number of benzene rings is 3. The van der Waals surface area contributed by atoms with Gasteiger partial charge in [-0.1, -0.05) is 22.0 Å². The van der Waals surface area contributed by atoms with E-state index in [1.807, 2.05) is 0 Å². The Bertz CT molecular complexity index is 1790. The maximum Gasteiger partial charge on any atom is 0.416 e. The molecule has 7 nitrogen and oxygen atoms in total. The number of esters is 2. The number of alkyl halides is 4. The zero-order chi connectivity index (χ0) is 36.5. The molecule has 4 rings (SSSR count). The molecule has 0 N–H and O–H groups in total. The number of ether oxygens (including phenoxy) is 3. The Balaban J connectivity index is 1.42. The summed E-state index contributed by atoms with van der Waals surface area (Å²) in [6, 6.07) is 10.2. The van der Waals surface area contributed by atoms with Gasteiger partial charge in [0.15, 0.2) is 21.3 Å². The van der Waals surface area contributed by atoms with Crippen molar-refractivity contribution >= 4 is 43.8 Å². The molecule has 0 spiro atoms. The van der Waals surface area contributed by atoms with Crippen LogP contribution >= 0.6 is 15.9 Å². The van der Waals surface area contributed by atoms with Gasteiger partial charge in [-0.3, -0.25) is 4.79 Å². The molecule has 0 saturated heterocycles. The first-order valence-electron chi connectivity index (χ1n) is 15.9. The predicted molar refractivity (Wildman–Crippen MR) is 180 cm³/mol. The van der Waals surface area contributed by atoms with E-state index < -0.39 is 54.8 Å². The van der Waals surface area contributed by atoms with E-state index in [4.69, 9.17) is 14.2 Å². The molecule has 1 aliphatic carbocycles. The highest BCUT2D eigenvalue weighted by atomic mass is 79.9. The Kier molecular flexibility index (Phi) is 13.2. The summed E-state index contributed by atoms with van der Waals surface area (Å²) >= 11 is 3.31. The average molecular weight is 788 g/mol. The topological polar surface area (TPSA) is 96.0 Å². The summed E-state index contributed by atoms with van der Waals surface area (Å²) in [7, 11) is -3.12. The quantitative estimate of drug-likeness (QED) is 0.0402. The monoisotopic (exact) mass is 786 g/mol. The molecule has 50 heavy (non-hydrogen) atoms. The van der Waals surface area contributed by atoms with Crippen LogP contribution in [0.15, 0.2) is 71.6 Å². The molecule has 0 heterocycles. The largest absolute Gasteiger partial charge is 0.493 e. The van der Waals surface area contributed by atoms with Crippen molar-refractivity contribution in [2.45, 2.75) is 67.2 Å². The fourth-order valence-corrected chi connectivity index (χ4v) is 8.52. The van der Waals surface area contributed by atoms with E-state index in [2.05, 4.69) is 15.9 Å². The lowest BCUT2D eigenvalue weighted by atomic mass is 9.76. The van der Waals surface area contributed by atoms with Gasteiger partial charge in [0, 0.05) is 23.4 Å². The van der Waals surface area contributed by atoms with Crippen LogP contribution in [0.4, 0.5) is 22.0 Å². The average Bonchev–Trinajstić information content (AvgIpc) is 3.09. The SMILES string of the molecule is COc1cc(C=CC(=O)OCCCCBr)ccc1OC(=O)CCC1CCC(c2cc(F)ccc2F)(S(=O)(=O)c2ccc(C(F)(F)F)cc2)CC1. The van der Waals surface area contributed by atoms with E-state index in [0.717, 1.165) is 48.5 Å². The first kappa shape index (κ1) is 39.0. The van der Waals surface area contributed by atoms with E-state index >= 15 is 4.39 Å². The minimum atomic E-state index is -4.69. The van der Waals surface area contributed by atoms with Gasteiger partial charge < -0.3 is 14.2 Å². The van der Waals surface area contributed by atoms with Crippen LogP contribution in [0.3, 0.4) is 0 Å². The minimum absolute atomic E-state index is 0.0383. The lowest BCUT2D eigenvalue weighted by Gasteiger charge is -2.40. The van der Waals surface area contributed by atoms with Gasteiger partial charge in [0.25, 0.3) is 0 Å². The molecule has 270 valence electrons. The lowest BCUT2D eigenvalue weighted by Crippen LogP contribution is -2.40. The summed E-state index contributed by atoms with van der Waals surface area (Å²) in [5, 5.41) is 0.822. The van der Waals surface area contributed by atoms with Gasteiger partial charge in [-0.2, -0.15) is 13.2 Å². The van der Waals surface area contributed by atoms with Gasteiger partial charge in [-0.05, 0) is 117 Å². The number of hydrogen-bond donors (Lipinski definition) is 0. The number of hydrogen-bond acceptors (Lipinski definition) is 7. The number of methoxy groups -OCH3 is 1. The van der Waals surface area contributed by atoms with Crippen LogP contribution in [0.25, 0.3) is 6.08 Å². The third-order valence-corrected chi connectivity index (χ3v) is 11.8. The molecule has 0 bridgehead atoms. The van der Waals surface area contributed by atoms with Gasteiger partial charge in [-0.15, -0.1) is 0 Å². The third-order valence-electron chi connectivity index (χ3n) is 8.69. The van der Waals surface area contributed by atoms with Crippen LogP contribution in [0.1, 0.15) is 68.1 Å². The van der Waals surface area contributed by atoms with Crippen LogP contribution in [-0.4, -0.2) is 39.4 Å². The highest BCUT2D eigenvalue weighted by molar-refractivity contribution is 9.09. The molecule has 1 aliphatic rings. The van der Waals surface area contributed by atoms with Crippen LogP contribution in [0, 0.1) is 17.6 Å². The number of sulfone groups is 1. The zero-order valence-corrected chi connectivity index (χ0v) is 29.5. The molecule has 1 fully saturated rings. The van der Waals surface area contributed by atoms with Crippen LogP contribution in [-0.2, 0) is 35.1 Å². The normalized spacial score (nSPS) is 18.2. The third kappa shape index (κ3) is 9.51. The molecule has 14 heteroatoms. The smallest absolute Gasteiger partial charge is 0.416 e. The maximum absolute atomic E-state index is 15.2. The Morgan fingerprint density at radius 1 is 0.960 bits per heavy atom. The fourth-order valence-electron chi connectivity index (χ4n) is 5.96. The molecule has 3 aromatic carbocycles. The summed E-state index contributed by atoms with van der Waals surface area (Å²) in [5.41, 5.74) is -0.828. The number of halogens is 6. The molecule has 0 radical (unpaired) electrons. The van der Waals surface area contributed by atoms with Crippen LogP contribution < -0.4 is 9.47 Å². The van der Waals surface area contributed by atoms with E-state index in [1.165, 1.54) is 25.3 Å². The number of carbonyl (C=O) groups is 2. The second-order valence-electron chi connectivity index (χ2n) is 11.9. The molecule has 0 unspecified atom stereocenters. The second kappa shape index (κ2) is 17.0. The standard InChI is InChI=1S/C36H36BrF5O7S/c1-47-32-22-25(6-14-33(43)48-21-3-2-20-37)4-13-31(32)49-34(44)15-5-24-16-18-35(19-17-24,29-23-27(38)9-12-30(29)39)50(45,46)28-10-7-26(8-11-28)36(40,41)42/h4,6-14,22-24H,2-3,5,15-21H2,1H3. The van der Waals surface area contributed by atoms with E-state index in [9.17, 15) is 35.6 Å². The van der Waals surface area contributed by atoms with E-state index in [1.54, 1.807) is 12.1 Å². The molecule has 1 saturated carbocycles. The summed E-state index contributed by atoms with van der Waals surface area (Å²) in [6.45, 7) is 0.308. The number of rotatable bonds is 14. The number of carbonyl (C=O) groups excluding carboxylic acids is 2. The first-order chi connectivity index (χ1) is 23.7. The maximum atomic E-state index is 15.2. The van der Waals surface area contributed by atoms with Gasteiger partial charge in [0.2, 0.25) is 0 Å². The first-order valence-corrected chi connectivity index (χ1v) is 18.5. The van der Waals surface area contributed by atoms with Gasteiger partial charge in [0.1, 0.15) is 16.4 Å². The van der Waals surface area contributed by atoms with Gasteiger partial charge >= 0.3 is 18.1 Å². The van der Waals surface area contributed by atoms with Crippen molar-refractivity contribution in [1.82, 2.24) is 0 Å². The van der Waals surface area contributed by atoms with Crippen LogP contribution in [0.5, 0.6) is 11.5 Å². The fraction of sp³-hybridized carbons (Fsp3) is 0.389. The molecular weight excluding hydrogens is 751 g/mol. The molecular formula is C36H36BrF5O7S. The Labute approximate surface area is 295 Å². The summed E-state index contributed by atoms with van der Waals surface area (Å²) in [6.07, 6.45) is 0.151. The molecule has 0 amide bonds. The van der Waals surface area contributed by atoms with Crippen molar-refractivity contribution in [1.29, 1.82) is 0 Å². The Morgan fingerprint density at radius 3 is 2.30 bits per heavy atom. The van der Waals surface area contributed by atoms with Gasteiger partial charge in [0.05, 0.1) is 24.2 Å². The van der Waals surface area contributed by atoms with Crippen molar-refractivity contribution in [3.05, 3.63) is 95.1 Å². The summed E-state index contributed by atoms with van der Waals surface area (Å²) in [4.78, 5) is 24.3. The molecule has 0 atom stereocenters. The summed E-state index contributed by atoms with van der Waals surface area (Å²) < 4.78 is 111. The van der Waals surface area contributed by atoms with Gasteiger partial charge in [-0.25, -0.2) is 22.0 Å². The van der Waals surface area contributed by atoms with Crippen molar-refractivity contribution < 1.29 is 54.2 Å². The Morgan fingerprint density at radius 2 is 1.66 bits per heavy atom. The van der Waals surface area contributed by atoms with E-state index in [0.29, 0.717) is 30.7 Å². The molecule has 0 aliphatic heterocycles. The molecule has 3 aromatic rings. The second-order valence-corrected chi connectivity index (χ2v) is 15.0.